The van der Waals surface area contributed by atoms with E-state index in [9.17, 15) is 4.79 Å². The van der Waals surface area contributed by atoms with Gasteiger partial charge in [0.2, 0.25) is 5.91 Å². The van der Waals surface area contributed by atoms with Crippen molar-refractivity contribution in [1.29, 1.82) is 0 Å². The van der Waals surface area contributed by atoms with E-state index < -0.39 is 0 Å². The number of fused-ring (bicyclic) bond motifs is 1. The van der Waals surface area contributed by atoms with Crippen molar-refractivity contribution in [2.75, 3.05) is 38.0 Å². The summed E-state index contributed by atoms with van der Waals surface area (Å²) in [6.45, 7) is 5.00. The minimum Gasteiger partial charge on any atom is -0.385 e. The Morgan fingerprint density at radius 1 is 1.30 bits per heavy atom. The summed E-state index contributed by atoms with van der Waals surface area (Å²) in [6, 6.07) is 8.14. The van der Waals surface area contributed by atoms with Crippen LogP contribution >= 0.6 is 0 Å². The monoisotopic (exact) mass is 273 g/mol. The topological polar surface area (TPSA) is 44.4 Å². The van der Waals surface area contributed by atoms with Gasteiger partial charge >= 0.3 is 0 Å². The molecule has 4 heteroatoms. The van der Waals surface area contributed by atoms with Crippen LogP contribution in [0, 0.1) is 0 Å². The number of hydrogen-bond donors (Lipinski definition) is 2. The lowest BCUT2D eigenvalue weighted by Gasteiger charge is -2.26. The first-order valence-electron chi connectivity index (χ1n) is 7.67. The molecule has 0 saturated carbocycles. The molecule has 1 saturated heterocycles. The lowest BCUT2D eigenvalue weighted by atomic mass is 9.90. The van der Waals surface area contributed by atoms with Gasteiger partial charge in [-0.25, -0.2) is 0 Å². The van der Waals surface area contributed by atoms with Crippen LogP contribution in [-0.4, -0.2) is 43.5 Å². The third-order valence-corrected chi connectivity index (χ3v) is 4.33. The van der Waals surface area contributed by atoms with Gasteiger partial charge < -0.3 is 15.5 Å². The van der Waals surface area contributed by atoms with Gasteiger partial charge in [-0.05, 0) is 44.0 Å². The molecule has 2 aliphatic heterocycles. The third kappa shape index (κ3) is 2.96. The van der Waals surface area contributed by atoms with Crippen LogP contribution in [0.15, 0.2) is 24.3 Å². The van der Waals surface area contributed by atoms with Gasteiger partial charge in [0.05, 0.1) is 5.92 Å². The van der Waals surface area contributed by atoms with E-state index in [-0.39, 0.29) is 11.8 Å². The van der Waals surface area contributed by atoms with Crippen molar-refractivity contribution in [2.45, 2.75) is 25.2 Å². The van der Waals surface area contributed by atoms with Crippen LogP contribution in [0.1, 0.15) is 30.7 Å². The fourth-order valence-corrected chi connectivity index (χ4v) is 3.21. The van der Waals surface area contributed by atoms with Crippen molar-refractivity contribution in [1.82, 2.24) is 10.2 Å². The Kier molecular flexibility index (Phi) is 4.21. The molecule has 4 nitrogen and oxygen atoms in total. The van der Waals surface area contributed by atoms with Crippen molar-refractivity contribution in [3.05, 3.63) is 29.8 Å². The van der Waals surface area contributed by atoms with Gasteiger partial charge in [0.15, 0.2) is 0 Å². The summed E-state index contributed by atoms with van der Waals surface area (Å²) >= 11 is 0. The number of carbonyl (C=O) groups is 1. The maximum absolute atomic E-state index is 12.4. The molecular formula is C16H23N3O. The summed E-state index contributed by atoms with van der Waals surface area (Å²) < 4.78 is 0. The van der Waals surface area contributed by atoms with E-state index in [4.69, 9.17) is 0 Å². The van der Waals surface area contributed by atoms with E-state index in [2.05, 4.69) is 27.7 Å². The molecule has 0 radical (unpaired) electrons. The summed E-state index contributed by atoms with van der Waals surface area (Å²) in [5, 5.41) is 6.47. The van der Waals surface area contributed by atoms with E-state index >= 15 is 0 Å². The van der Waals surface area contributed by atoms with Crippen LogP contribution in [0.4, 0.5) is 5.69 Å². The van der Waals surface area contributed by atoms with E-state index in [0.29, 0.717) is 0 Å². The standard InChI is InChI=1S/C16H23N3O/c20-16(18-9-12-19-10-3-4-11-19)14-7-8-17-15-6-2-1-5-13(14)15/h1-2,5-6,14,17H,3-4,7-12H2,(H,18,20). The second-order valence-electron chi connectivity index (χ2n) is 5.70. The Balaban J connectivity index is 1.55. The largest absolute Gasteiger partial charge is 0.385 e. The SMILES string of the molecule is O=C(NCCN1CCCC1)C1CCNc2ccccc21. The zero-order chi connectivity index (χ0) is 13.8. The summed E-state index contributed by atoms with van der Waals surface area (Å²) in [7, 11) is 0. The van der Waals surface area contributed by atoms with Gasteiger partial charge in [-0.3, -0.25) is 4.79 Å². The summed E-state index contributed by atoms with van der Waals surface area (Å²) in [4.78, 5) is 14.8. The molecule has 1 fully saturated rings. The third-order valence-electron chi connectivity index (χ3n) is 4.33. The number of hydrogen-bond acceptors (Lipinski definition) is 3. The van der Waals surface area contributed by atoms with E-state index in [1.807, 2.05) is 12.1 Å². The average molecular weight is 273 g/mol. The molecule has 0 bridgehead atoms. The number of anilines is 1. The molecule has 0 spiro atoms. The van der Waals surface area contributed by atoms with Crippen molar-refractivity contribution >= 4 is 11.6 Å². The number of carbonyl (C=O) groups excluding carboxylic acids is 1. The van der Waals surface area contributed by atoms with E-state index in [1.54, 1.807) is 0 Å². The highest BCUT2D eigenvalue weighted by Crippen LogP contribution is 2.31. The van der Waals surface area contributed by atoms with Gasteiger partial charge in [-0.15, -0.1) is 0 Å². The normalized spacial score (nSPS) is 22.1. The van der Waals surface area contributed by atoms with Gasteiger partial charge in [-0.2, -0.15) is 0 Å². The predicted molar refractivity (Wildman–Crippen MR) is 81.0 cm³/mol. The minimum atomic E-state index is 0.00558. The zero-order valence-corrected chi connectivity index (χ0v) is 11.9. The van der Waals surface area contributed by atoms with E-state index in [1.165, 1.54) is 25.9 Å². The molecule has 1 amide bonds. The molecule has 0 aliphatic carbocycles. The Morgan fingerprint density at radius 2 is 2.10 bits per heavy atom. The Hall–Kier alpha value is -1.55. The average Bonchev–Trinajstić information content (AvgIpc) is 3.00. The molecule has 1 atom stereocenters. The number of nitrogens with zero attached hydrogens (tertiary/aromatic N) is 1. The second kappa shape index (κ2) is 6.27. The van der Waals surface area contributed by atoms with Crippen molar-refractivity contribution in [3.8, 4) is 0 Å². The molecule has 20 heavy (non-hydrogen) atoms. The molecule has 108 valence electrons. The van der Waals surface area contributed by atoms with Gasteiger partial charge in [0.25, 0.3) is 0 Å². The summed E-state index contributed by atoms with van der Waals surface area (Å²) in [6.07, 6.45) is 3.48. The van der Waals surface area contributed by atoms with Crippen LogP contribution in [0.3, 0.4) is 0 Å². The molecule has 1 aromatic carbocycles. The lowest BCUT2D eigenvalue weighted by Crippen LogP contribution is -2.37. The molecule has 2 heterocycles. The molecule has 2 aliphatic rings. The minimum absolute atomic E-state index is 0.00558. The Morgan fingerprint density at radius 3 is 2.95 bits per heavy atom. The van der Waals surface area contributed by atoms with Crippen LogP contribution in [-0.2, 0) is 4.79 Å². The highest BCUT2D eigenvalue weighted by Gasteiger charge is 2.25. The number of amides is 1. The number of para-hydroxylation sites is 1. The van der Waals surface area contributed by atoms with Crippen molar-refractivity contribution in [2.24, 2.45) is 0 Å². The van der Waals surface area contributed by atoms with Gasteiger partial charge in [-0.1, -0.05) is 18.2 Å². The molecule has 1 aromatic rings. The first-order valence-corrected chi connectivity index (χ1v) is 7.67. The fraction of sp³-hybridized carbons (Fsp3) is 0.562. The van der Waals surface area contributed by atoms with Crippen LogP contribution in [0.5, 0.6) is 0 Å². The zero-order valence-electron chi connectivity index (χ0n) is 11.9. The molecule has 0 aromatic heterocycles. The summed E-state index contributed by atoms with van der Waals surface area (Å²) in [5.41, 5.74) is 2.25. The first kappa shape index (κ1) is 13.4. The lowest BCUT2D eigenvalue weighted by molar-refractivity contribution is -0.122. The smallest absolute Gasteiger partial charge is 0.227 e. The fourth-order valence-electron chi connectivity index (χ4n) is 3.21. The maximum atomic E-state index is 12.4. The van der Waals surface area contributed by atoms with Crippen LogP contribution in [0.25, 0.3) is 0 Å². The number of likely N-dealkylation sites (tertiary alicyclic amines) is 1. The van der Waals surface area contributed by atoms with E-state index in [0.717, 1.165) is 37.3 Å². The van der Waals surface area contributed by atoms with Gasteiger partial charge in [0, 0.05) is 25.3 Å². The van der Waals surface area contributed by atoms with Crippen molar-refractivity contribution < 1.29 is 4.79 Å². The summed E-state index contributed by atoms with van der Waals surface area (Å²) in [5.74, 6) is 0.184. The Labute approximate surface area is 120 Å². The predicted octanol–water partition coefficient (Wildman–Crippen LogP) is 1.80. The highest BCUT2D eigenvalue weighted by atomic mass is 16.1. The number of benzene rings is 1. The highest BCUT2D eigenvalue weighted by molar-refractivity contribution is 5.86. The maximum Gasteiger partial charge on any atom is 0.227 e. The number of rotatable bonds is 4. The first-order chi connectivity index (χ1) is 9.84. The quantitative estimate of drug-likeness (QED) is 0.879. The van der Waals surface area contributed by atoms with Gasteiger partial charge in [0.1, 0.15) is 0 Å². The number of nitrogens with one attached hydrogen (secondary N) is 2. The van der Waals surface area contributed by atoms with Crippen LogP contribution < -0.4 is 10.6 Å². The Bertz CT molecular complexity index is 469. The van der Waals surface area contributed by atoms with Crippen molar-refractivity contribution in [3.63, 3.8) is 0 Å². The molecule has 3 rings (SSSR count). The second-order valence-corrected chi connectivity index (χ2v) is 5.70. The molecular weight excluding hydrogens is 250 g/mol. The van der Waals surface area contributed by atoms with Crippen LogP contribution in [0.2, 0.25) is 0 Å². The molecule has 1 unspecified atom stereocenters. The molecule has 2 N–H and O–H groups in total.